The Labute approximate surface area is 167 Å². The van der Waals surface area contributed by atoms with E-state index < -0.39 is 0 Å². The molecule has 0 fully saturated rings. The largest absolute Gasteiger partial charge is 0.457 e. The first-order valence-corrected chi connectivity index (χ1v) is 9.80. The van der Waals surface area contributed by atoms with Gasteiger partial charge in [0, 0.05) is 5.69 Å². The number of rotatable bonds is 9. The summed E-state index contributed by atoms with van der Waals surface area (Å²) in [6.07, 6.45) is 0. The first kappa shape index (κ1) is 21.6. The van der Waals surface area contributed by atoms with E-state index in [-0.39, 0.29) is 31.6 Å². The third kappa shape index (κ3) is 5.92. The van der Waals surface area contributed by atoms with Crippen LogP contribution in [0.2, 0.25) is 0 Å². The summed E-state index contributed by atoms with van der Waals surface area (Å²) < 4.78 is 5.80. The topological polar surface area (TPSA) is 55.4 Å². The number of hydrogen-bond donors (Lipinski definition) is 1. The zero-order chi connectivity index (χ0) is 20.6. The van der Waals surface area contributed by atoms with Gasteiger partial charge in [0.05, 0.1) is 13.1 Å². The highest BCUT2D eigenvalue weighted by Crippen LogP contribution is 2.20. The maximum Gasteiger partial charge on any atom is 0.362 e. The van der Waals surface area contributed by atoms with Crippen molar-refractivity contribution >= 4 is 17.6 Å². The Balaban J connectivity index is 1.99. The lowest BCUT2D eigenvalue weighted by molar-refractivity contribution is -0.910. The first-order valence-electron chi connectivity index (χ1n) is 9.80. The van der Waals surface area contributed by atoms with Gasteiger partial charge in [-0.3, -0.25) is 4.79 Å². The van der Waals surface area contributed by atoms with Gasteiger partial charge in [-0.1, -0.05) is 48.5 Å². The SMILES string of the molecule is CC[N+](CC)(CC(=O)Nc1c(C)cccc1C)CC(=O)OCc1ccccc1. The maximum atomic E-state index is 12.7. The molecule has 2 aromatic carbocycles. The number of anilines is 1. The fourth-order valence-electron chi connectivity index (χ4n) is 3.28. The lowest BCUT2D eigenvalue weighted by Crippen LogP contribution is -2.55. The number of aryl methyl sites for hydroxylation is 2. The van der Waals surface area contributed by atoms with Gasteiger partial charge >= 0.3 is 5.97 Å². The second-order valence-corrected chi connectivity index (χ2v) is 7.25. The van der Waals surface area contributed by atoms with Crippen LogP contribution in [0.5, 0.6) is 0 Å². The van der Waals surface area contributed by atoms with Crippen molar-refractivity contribution in [2.45, 2.75) is 34.3 Å². The highest BCUT2D eigenvalue weighted by molar-refractivity contribution is 5.93. The number of carbonyl (C=O) groups excluding carboxylic acids is 2. The van der Waals surface area contributed by atoms with Crippen molar-refractivity contribution in [3.05, 3.63) is 65.2 Å². The molecule has 0 spiro atoms. The molecule has 0 saturated carbocycles. The number of ether oxygens (including phenoxy) is 1. The van der Waals surface area contributed by atoms with Crippen molar-refractivity contribution in [1.82, 2.24) is 0 Å². The minimum absolute atomic E-state index is 0.0861. The fraction of sp³-hybridized carbons (Fsp3) is 0.391. The van der Waals surface area contributed by atoms with Crippen LogP contribution >= 0.6 is 0 Å². The van der Waals surface area contributed by atoms with Gasteiger partial charge in [-0.05, 0) is 44.4 Å². The molecule has 0 aromatic heterocycles. The Kier molecular flexibility index (Phi) is 7.76. The molecule has 0 saturated heterocycles. The number of nitrogens with zero attached hydrogens (tertiary/aromatic N) is 1. The Hall–Kier alpha value is -2.66. The lowest BCUT2D eigenvalue weighted by Gasteiger charge is -2.35. The van der Waals surface area contributed by atoms with Gasteiger partial charge < -0.3 is 14.5 Å². The number of likely N-dealkylation sites (N-methyl/N-ethyl adjacent to an activating group) is 1. The van der Waals surface area contributed by atoms with Crippen molar-refractivity contribution < 1.29 is 18.8 Å². The minimum Gasteiger partial charge on any atom is -0.457 e. The molecule has 0 unspecified atom stereocenters. The van der Waals surface area contributed by atoms with E-state index in [1.807, 2.05) is 76.2 Å². The summed E-state index contributed by atoms with van der Waals surface area (Å²) in [5.74, 6) is -0.371. The highest BCUT2D eigenvalue weighted by Gasteiger charge is 2.31. The standard InChI is InChI=1S/C23H30N2O3/c1-5-25(6-2,16-22(27)28-17-20-13-8-7-9-14-20)15-21(26)24-23-18(3)11-10-12-19(23)4/h7-14H,5-6,15-17H2,1-4H3/p+1. The highest BCUT2D eigenvalue weighted by atomic mass is 16.5. The number of esters is 1. The number of amides is 1. The van der Waals surface area contributed by atoms with E-state index >= 15 is 0 Å². The summed E-state index contributed by atoms with van der Waals surface area (Å²) >= 11 is 0. The Morgan fingerprint density at radius 3 is 2.07 bits per heavy atom. The third-order valence-corrected chi connectivity index (χ3v) is 5.27. The van der Waals surface area contributed by atoms with Crippen LogP contribution in [0.25, 0.3) is 0 Å². The number of hydrogen-bond acceptors (Lipinski definition) is 3. The molecule has 2 rings (SSSR count). The van der Waals surface area contributed by atoms with Gasteiger partial charge in [-0.2, -0.15) is 0 Å². The average molecular weight is 384 g/mol. The van der Waals surface area contributed by atoms with Crippen LogP contribution in [-0.4, -0.2) is 42.5 Å². The summed E-state index contributed by atoms with van der Waals surface area (Å²) in [5, 5.41) is 3.03. The molecule has 1 amide bonds. The predicted octanol–water partition coefficient (Wildman–Crippen LogP) is 3.84. The summed E-state index contributed by atoms with van der Waals surface area (Å²) in [5.41, 5.74) is 3.86. The molecule has 0 heterocycles. The molecule has 0 atom stereocenters. The summed E-state index contributed by atoms with van der Waals surface area (Å²) in [6, 6.07) is 15.5. The molecule has 5 nitrogen and oxygen atoms in total. The second kappa shape index (κ2) is 10.0. The van der Waals surface area contributed by atoms with Crippen LogP contribution in [0.15, 0.2) is 48.5 Å². The summed E-state index contributed by atoms with van der Waals surface area (Å²) in [4.78, 5) is 25.2. The molecule has 2 aromatic rings. The van der Waals surface area contributed by atoms with E-state index in [4.69, 9.17) is 4.74 Å². The Morgan fingerprint density at radius 2 is 1.50 bits per heavy atom. The molecule has 5 heteroatoms. The quantitative estimate of drug-likeness (QED) is 0.529. The molecular formula is C23H31N2O3+. The van der Waals surface area contributed by atoms with E-state index in [0.29, 0.717) is 17.6 Å². The number of carbonyl (C=O) groups is 2. The zero-order valence-corrected chi connectivity index (χ0v) is 17.3. The summed E-state index contributed by atoms with van der Waals surface area (Å²) in [6.45, 7) is 9.98. The fourth-order valence-corrected chi connectivity index (χ4v) is 3.28. The van der Waals surface area contributed by atoms with E-state index in [1.54, 1.807) is 0 Å². The monoisotopic (exact) mass is 383 g/mol. The third-order valence-electron chi connectivity index (χ3n) is 5.27. The molecular weight excluding hydrogens is 352 g/mol. The van der Waals surface area contributed by atoms with Gasteiger partial charge in [0.1, 0.15) is 6.61 Å². The number of benzene rings is 2. The minimum atomic E-state index is -0.285. The average Bonchev–Trinajstić information content (AvgIpc) is 2.69. The van der Waals surface area contributed by atoms with Gasteiger partial charge in [-0.15, -0.1) is 0 Å². The first-order chi connectivity index (χ1) is 13.4. The van der Waals surface area contributed by atoms with Gasteiger partial charge in [0.15, 0.2) is 13.1 Å². The molecule has 0 radical (unpaired) electrons. The Morgan fingerprint density at radius 1 is 0.893 bits per heavy atom. The van der Waals surface area contributed by atoms with Crippen LogP contribution in [0.3, 0.4) is 0 Å². The van der Waals surface area contributed by atoms with Crippen molar-refractivity contribution in [2.75, 3.05) is 31.5 Å². The Bertz CT molecular complexity index is 778. The lowest BCUT2D eigenvalue weighted by atomic mass is 10.1. The van der Waals surface area contributed by atoms with E-state index in [1.165, 1.54) is 0 Å². The van der Waals surface area contributed by atoms with Crippen molar-refractivity contribution in [3.8, 4) is 0 Å². The number of quaternary nitrogens is 1. The van der Waals surface area contributed by atoms with E-state index in [2.05, 4.69) is 5.32 Å². The molecule has 0 aliphatic rings. The normalized spacial score (nSPS) is 11.1. The van der Waals surface area contributed by atoms with Crippen LogP contribution in [-0.2, 0) is 20.9 Å². The molecule has 28 heavy (non-hydrogen) atoms. The molecule has 150 valence electrons. The van der Waals surface area contributed by atoms with Gasteiger partial charge in [0.25, 0.3) is 5.91 Å². The molecule has 0 aliphatic heterocycles. The maximum absolute atomic E-state index is 12.7. The van der Waals surface area contributed by atoms with E-state index in [9.17, 15) is 9.59 Å². The molecule has 1 N–H and O–H groups in total. The molecule has 0 bridgehead atoms. The summed E-state index contributed by atoms with van der Waals surface area (Å²) in [7, 11) is 0. The van der Waals surface area contributed by atoms with E-state index in [0.717, 1.165) is 22.4 Å². The zero-order valence-electron chi connectivity index (χ0n) is 17.3. The number of nitrogens with one attached hydrogen (secondary N) is 1. The van der Waals surface area contributed by atoms with Crippen LogP contribution < -0.4 is 5.32 Å². The van der Waals surface area contributed by atoms with Gasteiger partial charge in [0.2, 0.25) is 0 Å². The van der Waals surface area contributed by atoms with Crippen molar-refractivity contribution in [2.24, 2.45) is 0 Å². The smallest absolute Gasteiger partial charge is 0.362 e. The van der Waals surface area contributed by atoms with Crippen molar-refractivity contribution in [1.29, 1.82) is 0 Å². The molecule has 0 aliphatic carbocycles. The second-order valence-electron chi connectivity index (χ2n) is 7.25. The van der Waals surface area contributed by atoms with Crippen LogP contribution in [0, 0.1) is 13.8 Å². The van der Waals surface area contributed by atoms with Crippen LogP contribution in [0.1, 0.15) is 30.5 Å². The van der Waals surface area contributed by atoms with Gasteiger partial charge in [-0.25, -0.2) is 4.79 Å². The number of para-hydroxylation sites is 1. The van der Waals surface area contributed by atoms with Crippen molar-refractivity contribution in [3.63, 3.8) is 0 Å². The van der Waals surface area contributed by atoms with Crippen LogP contribution in [0.4, 0.5) is 5.69 Å². The predicted molar refractivity (Wildman–Crippen MR) is 112 cm³/mol.